The molecule has 1 heterocycles. The van der Waals surface area contributed by atoms with Crippen LogP contribution < -0.4 is 19.5 Å². The van der Waals surface area contributed by atoms with Gasteiger partial charge in [0.05, 0.1) is 47.5 Å². The summed E-state index contributed by atoms with van der Waals surface area (Å²) in [7, 11) is 4.63. The van der Waals surface area contributed by atoms with Crippen molar-refractivity contribution in [2.24, 2.45) is 0 Å². The number of hydrogen-bond donors (Lipinski definition) is 1. The zero-order valence-corrected chi connectivity index (χ0v) is 12.1. The molecule has 6 heteroatoms. The topological polar surface area (TPSA) is 64.6 Å². The lowest BCUT2D eigenvalue weighted by molar-refractivity contribution is -0.661. The van der Waals surface area contributed by atoms with Gasteiger partial charge in [-0.3, -0.25) is 4.79 Å². The largest absolute Gasteiger partial charge is 0.493 e. The van der Waals surface area contributed by atoms with Crippen molar-refractivity contribution in [3.8, 4) is 17.2 Å². The number of nitrogens with two attached hydrogens (primary N) is 1. The van der Waals surface area contributed by atoms with Gasteiger partial charge in [0.25, 0.3) is 5.91 Å². The van der Waals surface area contributed by atoms with Gasteiger partial charge in [0.15, 0.2) is 11.5 Å². The monoisotopic (exact) mass is 281 g/mol. The maximum atomic E-state index is 12.5. The minimum atomic E-state index is -0.00245. The van der Waals surface area contributed by atoms with Crippen LogP contribution in [0.25, 0.3) is 0 Å². The molecule has 0 radical (unpaired) electrons. The van der Waals surface area contributed by atoms with Gasteiger partial charge < -0.3 is 24.4 Å². The highest BCUT2D eigenvalue weighted by Crippen LogP contribution is 2.38. The van der Waals surface area contributed by atoms with E-state index in [0.717, 1.165) is 26.2 Å². The van der Waals surface area contributed by atoms with Crippen LogP contribution in [0.3, 0.4) is 0 Å². The van der Waals surface area contributed by atoms with E-state index in [4.69, 9.17) is 14.2 Å². The van der Waals surface area contributed by atoms with E-state index < -0.39 is 0 Å². The molecule has 0 atom stereocenters. The molecule has 1 saturated heterocycles. The average Bonchev–Trinajstić information content (AvgIpc) is 2.53. The van der Waals surface area contributed by atoms with Crippen LogP contribution in [0.2, 0.25) is 0 Å². The van der Waals surface area contributed by atoms with Gasteiger partial charge >= 0.3 is 0 Å². The second kappa shape index (κ2) is 6.47. The van der Waals surface area contributed by atoms with E-state index in [2.05, 4.69) is 5.32 Å². The van der Waals surface area contributed by atoms with E-state index in [-0.39, 0.29) is 5.91 Å². The zero-order valence-electron chi connectivity index (χ0n) is 12.1. The maximum Gasteiger partial charge on any atom is 0.254 e. The molecule has 1 aliphatic heterocycles. The number of benzene rings is 1. The molecule has 1 fully saturated rings. The fourth-order valence-corrected chi connectivity index (χ4v) is 2.34. The lowest BCUT2D eigenvalue weighted by atomic mass is 10.1. The van der Waals surface area contributed by atoms with Crippen LogP contribution in [0.5, 0.6) is 17.2 Å². The van der Waals surface area contributed by atoms with Crippen molar-refractivity contribution in [1.29, 1.82) is 0 Å². The summed E-state index contributed by atoms with van der Waals surface area (Å²) >= 11 is 0. The molecule has 0 aliphatic carbocycles. The molecule has 20 heavy (non-hydrogen) atoms. The average molecular weight is 281 g/mol. The van der Waals surface area contributed by atoms with Crippen LogP contribution in [0.4, 0.5) is 0 Å². The normalized spacial score (nSPS) is 14.8. The van der Waals surface area contributed by atoms with E-state index in [9.17, 15) is 4.79 Å². The molecule has 1 aromatic rings. The van der Waals surface area contributed by atoms with Gasteiger partial charge in [0.1, 0.15) is 0 Å². The summed E-state index contributed by atoms with van der Waals surface area (Å²) in [6.07, 6.45) is 0. The first-order valence-electron chi connectivity index (χ1n) is 6.62. The Morgan fingerprint density at radius 2 is 1.60 bits per heavy atom. The molecular formula is C14H21N2O4+. The first-order valence-corrected chi connectivity index (χ1v) is 6.62. The van der Waals surface area contributed by atoms with Crippen LogP contribution in [0.1, 0.15) is 10.4 Å². The smallest absolute Gasteiger partial charge is 0.254 e. The van der Waals surface area contributed by atoms with Crippen molar-refractivity contribution >= 4 is 5.91 Å². The van der Waals surface area contributed by atoms with Crippen molar-refractivity contribution in [3.05, 3.63) is 17.7 Å². The number of carbonyl (C=O) groups is 1. The molecule has 1 amide bonds. The van der Waals surface area contributed by atoms with E-state index in [0.29, 0.717) is 22.8 Å². The Balaban J connectivity index is 2.33. The van der Waals surface area contributed by atoms with Gasteiger partial charge in [-0.1, -0.05) is 0 Å². The van der Waals surface area contributed by atoms with Gasteiger partial charge in [-0.15, -0.1) is 0 Å². The molecule has 1 aliphatic rings. The lowest BCUT2D eigenvalue weighted by Gasteiger charge is -2.25. The number of carbonyl (C=O) groups excluding carboxylic acids is 1. The van der Waals surface area contributed by atoms with Crippen molar-refractivity contribution in [2.45, 2.75) is 0 Å². The molecule has 1 aromatic carbocycles. The van der Waals surface area contributed by atoms with Crippen molar-refractivity contribution < 1.29 is 24.3 Å². The Morgan fingerprint density at radius 3 is 2.05 bits per heavy atom. The summed E-state index contributed by atoms with van der Waals surface area (Å²) in [6, 6.07) is 3.39. The summed E-state index contributed by atoms with van der Waals surface area (Å²) in [6.45, 7) is 3.40. The van der Waals surface area contributed by atoms with Crippen molar-refractivity contribution in [1.82, 2.24) is 4.90 Å². The Labute approximate surface area is 118 Å². The van der Waals surface area contributed by atoms with Crippen molar-refractivity contribution in [2.75, 3.05) is 47.5 Å². The fraction of sp³-hybridized carbons (Fsp3) is 0.500. The predicted molar refractivity (Wildman–Crippen MR) is 73.7 cm³/mol. The molecule has 2 N–H and O–H groups in total. The number of hydrogen-bond acceptors (Lipinski definition) is 4. The van der Waals surface area contributed by atoms with E-state index >= 15 is 0 Å². The van der Waals surface area contributed by atoms with Gasteiger partial charge in [-0.25, -0.2) is 0 Å². The van der Waals surface area contributed by atoms with Crippen molar-refractivity contribution in [3.63, 3.8) is 0 Å². The number of rotatable bonds is 4. The lowest BCUT2D eigenvalue weighted by Crippen LogP contribution is -2.89. The second-order valence-electron chi connectivity index (χ2n) is 4.57. The molecule has 0 saturated carbocycles. The van der Waals surface area contributed by atoms with E-state index in [1.54, 1.807) is 33.5 Å². The third-order valence-corrected chi connectivity index (χ3v) is 3.41. The molecule has 0 aromatic heterocycles. The van der Waals surface area contributed by atoms with E-state index in [1.165, 1.54) is 0 Å². The van der Waals surface area contributed by atoms with Gasteiger partial charge in [0.2, 0.25) is 5.75 Å². The summed E-state index contributed by atoms with van der Waals surface area (Å²) in [5.41, 5.74) is 0.557. The van der Waals surface area contributed by atoms with E-state index in [1.807, 2.05) is 4.90 Å². The molecule has 110 valence electrons. The number of ether oxygens (including phenoxy) is 3. The Morgan fingerprint density at radius 1 is 1.05 bits per heavy atom. The highest BCUT2D eigenvalue weighted by Gasteiger charge is 2.23. The van der Waals surface area contributed by atoms with Crippen LogP contribution >= 0.6 is 0 Å². The Hall–Kier alpha value is -1.95. The highest BCUT2D eigenvalue weighted by atomic mass is 16.5. The zero-order chi connectivity index (χ0) is 14.5. The van der Waals surface area contributed by atoms with Gasteiger partial charge in [-0.2, -0.15) is 0 Å². The molecule has 2 rings (SSSR count). The highest BCUT2D eigenvalue weighted by molar-refractivity contribution is 5.95. The molecule has 0 bridgehead atoms. The molecule has 0 unspecified atom stereocenters. The summed E-state index contributed by atoms with van der Waals surface area (Å²) in [5, 5.41) is 2.21. The summed E-state index contributed by atoms with van der Waals surface area (Å²) in [5.74, 6) is 1.49. The van der Waals surface area contributed by atoms with Gasteiger partial charge in [0, 0.05) is 5.56 Å². The Kier molecular flexibility index (Phi) is 4.68. The minimum Gasteiger partial charge on any atom is -0.493 e. The summed E-state index contributed by atoms with van der Waals surface area (Å²) < 4.78 is 15.8. The molecular weight excluding hydrogens is 260 g/mol. The second-order valence-corrected chi connectivity index (χ2v) is 4.57. The number of piperazine rings is 1. The maximum absolute atomic E-state index is 12.5. The first kappa shape index (κ1) is 14.5. The fourth-order valence-electron chi connectivity index (χ4n) is 2.34. The standard InChI is InChI=1S/C14H20N2O4/c1-18-11-8-10(9-12(19-2)13(11)20-3)14(17)16-6-4-15-5-7-16/h8-9,15H,4-7H2,1-3H3/p+1. The molecule has 6 nitrogen and oxygen atoms in total. The van der Waals surface area contributed by atoms with Crippen LogP contribution in [-0.4, -0.2) is 58.3 Å². The number of nitrogens with zero attached hydrogens (tertiary/aromatic N) is 1. The van der Waals surface area contributed by atoms with Crippen LogP contribution in [0, 0.1) is 0 Å². The first-order chi connectivity index (χ1) is 9.71. The Bertz CT molecular complexity index is 459. The predicted octanol–water partition coefficient (Wildman–Crippen LogP) is -0.268. The van der Waals surface area contributed by atoms with Gasteiger partial charge in [-0.05, 0) is 12.1 Å². The summed E-state index contributed by atoms with van der Waals surface area (Å²) in [4.78, 5) is 14.3. The third-order valence-electron chi connectivity index (χ3n) is 3.41. The van der Waals surface area contributed by atoms with Crippen LogP contribution in [-0.2, 0) is 0 Å². The van der Waals surface area contributed by atoms with Crippen LogP contribution in [0.15, 0.2) is 12.1 Å². The molecule has 0 spiro atoms. The number of amides is 1. The third kappa shape index (κ3) is 2.80. The SMILES string of the molecule is COc1cc(C(=O)N2CC[NH2+]CC2)cc(OC)c1OC. The quantitative estimate of drug-likeness (QED) is 0.825. The number of methoxy groups -OCH3 is 3. The minimum absolute atomic E-state index is 0.00245. The number of quaternary nitrogens is 1.